The summed E-state index contributed by atoms with van der Waals surface area (Å²) in [6, 6.07) is 1.99. The van der Waals surface area contributed by atoms with E-state index >= 15 is 0 Å². The Balaban J connectivity index is 2.44. The molecular weight excluding hydrogens is 294 g/mol. The lowest BCUT2D eigenvalue weighted by atomic mass is 10.1. The molecule has 0 aromatic carbocycles. The number of methoxy groups -OCH3 is 1. The van der Waals surface area contributed by atoms with Crippen LogP contribution in [0.3, 0.4) is 0 Å². The number of aromatic nitrogens is 1. The van der Waals surface area contributed by atoms with E-state index in [9.17, 15) is 4.79 Å². The minimum Gasteiger partial charge on any atom is -0.444 e. The topological polar surface area (TPSA) is 63.7 Å². The van der Waals surface area contributed by atoms with Crippen molar-refractivity contribution < 1.29 is 14.3 Å². The summed E-state index contributed by atoms with van der Waals surface area (Å²) in [6.45, 7) is 10.6. The number of nitrogens with zero attached hydrogens (tertiary/aromatic N) is 2. The largest absolute Gasteiger partial charge is 0.444 e. The van der Waals surface area contributed by atoms with E-state index in [0.717, 1.165) is 12.1 Å². The molecule has 0 saturated heterocycles. The van der Waals surface area contributed by atoms with Crippen molar-refractivity contribution in [3.8, 4) is 0 Å². The normalized spacial score (nSPS) is 11.3. The summed E-state index contributed by atoms with van der Waals surface area (Å²) in [5.74, 6) is 0. The molecule has 130 valence electrons. The zero-order chi connectivity index (χ0) is 17.3. The highest BCUT2D eigenvalue weighted by Crippen LogP contribution is 2.10. The highest BCUT2D eigenvalue weighted by molar-refractivity contribution is 5.68. The summed E-state index contributed by atoms with van der Waals surface area (Å²) < 4.78 is 10.5. The second-order valence-electron chi connectivity index (χ2n) is 6.44. The fourth-order valence-corrected chi connectivity index (χ4v) is 1.94. The van der Waals surface area contributed by atoms with Crippen LogP contribution in [0.5, 0.6) is 0 Å². The molecule has 6 heteroatoms. The third-order valence-electron chi connectivity index (χ3n) is 3.24. The number of amides is 1. The van der Waals surface area contributed by atoms with Gasteiger partial charge in [0.25, 0.3) is 0 Å². The van der Waals surface area contributed by atoms with Crippen LogP contribution >= 0.6 is 0 Å². The zero-order valence-corrected chi connectivity index (χ0v) is 14.9. The van der Waals surface area contributed by atoms with Gasteiger partial charge in [0, 0.05) is 45.7 Å². The molecule has 0 fully saturated rings. The van der Waals surface area contributed by atoms with Gasteiger partial charge < -0.3 is 19.7 Å². The Bertz CT molecular complexity index is 486. The van der Waals surface area contributed by atoms with Gasteiger partial charge in [-0.15, -0.1) is 0 Å². The molecule has 1 aromatic rings. The fraction of sp³-hybridized carbons (Fsp3) is 0.647. The molecule has 23 heavy (non-hydrogen) atoms. The van der Waals surface area contributed by atoms with Gasteiger partial charge in [0.15, 0.2) is 0 Å². The highest BCUT2D eigenvalue weighted by Gasteiger charge is 2.21. The Morgan fingerprint density at radius 3 is 2.70 bits per heavy atom. The van der Waals surface area contributed by atoms with Crippen LogP contribution < -0.4 is 5.32 Å². The Kier molecular flexibility index (Phi) is 7.98. The fourth-order valence-electron chi connectivity index (χ4n) is 1.94. The molecule has 0 atom stereocenters. The van der Waals surface area contributed by atoms with Gasteiger partial charge in [-0.1, -0.05) is 0 Å². The first kappa shape index (κ1) is 19.4. The van der Waals surface area contributed by atoms with E-state index in [1.54, 1.807) is 18.2 Å². The Morgan fingerprint density at radius 2 is 2.09 bits per heavy atom. The zero-order valence-electron chi connectivity index (χ0n) is 14.9. The van der Waals surface area contributed by atoms with Gasteiger partial charge in [-0.3, -0.25) is 4.98 Å². The summed E-state index contributed by atoms with van der Waals surface area (Å²) in [6.07, 6.45) is 3.33. The van der Waals surface area contributed by atoms with E-state index in [2.05, 4.69) is 17.2 Å². The third kappa shape index (κ3) is 7.95. The smallest absolute Gasteiger partial charge is 0.410 e. The van der Waals surface area contributed by atoms with Crippen molar-refractivity contribution in [3.05, 3.63) is 29.6 Å². The average molecular weight is 323 g/mol. The monoisotopic (exact) mass is 323 g/mol. The first-order valence-electron chi connectivity index (χ1n) is 7.90. The van der Waals surface area contributed by atoms with Crippen molar-refractivity contribution in [3.63, 3.8) is 0 Å². The lowest BCUT2D eigenvalue weighted by molar-refractivity contribution is 0.0204. The predicted molar refractivity (Wildman–Crippen MR) is 90.4 cm³/mol. The number of rotatable bonds is 8. The number of hydrogen-bond acceptors (Lipinski definition) is 5. The van der Waals surface area contributed by atoms with Crippen LogP contribution in [0.15, 0.2) is 18.5 Å². The number of carbonyl (C=O) groups is 1. The molecule has 0 aliphatic rings. The van der Waals surface area contributed by atoms with E-state index < -0.39 is 5.60 Å². The minimum atomic E-state index is -0.497. The van der Waals surface area contributed by atoms with Crippen molar-refractivity contribution in [1.82, 2.24) is 15.2 Å². The maximum atomic E-state index is 12.2. The van der Waals surface area contributed by atoms with Gasteiger partial charge in [0.05, 0.1) is 6.61 Å². The highest BCUT2D eigenvalue weighted by atomic mass is 16.6. The summed E-state index contributed by atoms with van der Waals surface area (Å²) in [5, 5.41) is 3.34. The molecule has 0 bridgehead atoms. The van der Waals surface area contributed by atoms with Crippen molar-refractivity contribution in [2.45, 2.75) is 39.8 Å². The minimum absolute atomic E-state index is 0.311. The summed E-state index contributed by atoms with van der Waals surface area (Å²) in [5.41, 5.74) is 1.87. The molecule has 1 N–H and O–H groups in total. The van der Waals surface area contributed by atoms with E-state index in [1.165, 1.54) is 5.56 Å². The Labute approximate surface area is 139 Å². The third-order valence-corrected chi connectivity index (χ3v) is 3.24. The molecule has 0 radical (unpaired) electrons. The number of aryl methyl sites for hydroxylation is 1. The molecule has 6 nitrogen and oxygen atoms in total. The Morgan fingerprint density at radius 1 is 1.35 bits per heavy atom. The first-order valence-corrected chi connectivity index (χ1v) is 7.90. The van der Waals surface area contributed by atoms with Crippen LogP contribution in [0.2, 0.25) is 0 Å². The standard InChI is InChI=1S/C17H29N3O3/c1-14-6-7-18-12-15(14)13-19-8-9-20(10-11-22-5)16(21)23-17(2,3)4/h6-7,12,19H,8-11,13H2,1-5H3. The second kappa shape index (κ2) is 9.47. The van der Waals surface area contributed by atoms with Crippen molar-refractivity contribution >= 4 is 6.09 Å². The van der Waals surface area contributed by atoms with Gasteiger partial charge in [-0.2, -0.15) is 0 Å². The van der Waals surface area contributed by atoms with Crippen molar-refractivity contribution in [2.24, 2.45) is 0 Å². The molecule has 1 rings (SSSR count). The summed E-state index contributed by atoms with van der Waals surface area (Å²) in [4.78, 5) is 18.0. The van der Waals surface area contributed by atoms with Crippen LogP contribution in [0.4, 0.5) is 4.79 Å². The number of pyridine rings is 1. The van der Waals surface area contributed by atoms with E-state index in [-0.39, 0.29) is 6.09 Å². The molecule has 0 spiro atoms. The average Bonchev–Trinajstić information content (AvgIpc) is 2.46. The summed E-state index contributed by atoms with van der Waals surface area (Å²) >= 11 is 0. The molecule has 0 saturated carbocycles. The van der Waals surface area contributed by atoms with Gasteiger partial charge in [0.2, 0.25) is 0 Å². The van der Waals surface area contributed by atoms with E-state index in [1.807, 2.05) is 33.0 Å². The number of carbonyl (C=O) groups excluding carboxylic acids is 1. The quantitative estimate of drug-likeness (QED) is 0.744. The lowest BCUT2D eigenvalue weighted by Crippen LogP contribution is -2.42. The van der Waals surface area contributed by atoms with Crippen molar-refractivity contribution in [1.29, 1.82) is 0 Å². The van der Waals surface area contributed by atoms with Gasteiger partial charge >= 0.3 is 6.09 Å². The van der Waals surface area contributed by atoms with E-state index in [4.69, 9.17) is 9.47 Å². The maximum Gasteiger partial charge on any atom is 0.410 e. The lowest BCUT2D eigenvalue weighted by Gasteiger charge is -2.27. The van der Waals surface area contributed by atoms with Gasteiger partial charge in [-0.05, 0) is 44.9 Å². The molecule has 0 aliphatic carbocycles. The SMILES string of the molecule is COCCN(CCNCc1cnccc1C)C(=O)OC(C)(C)C. The Hall–Kier alpha value is -1.66. The predicted octanol–water partition coefficient (Wildman–Crippen LogP) is 2.36. The van der Waals surface area contributed by atoms with Crippen LogP contribution in [0.1, 0.15) is 31.9 Å². The molecule has 1 heterocycles. The van der Waals surface area contributed by atoms with Crippen LogP contribution in [-0.2, 0) is 16.0 Å². The molecular formula is C17H29N3O3. The molecule has 0 unspecified atom stereocenters. The number of hydrogen-bond donors (Lipinski definition) is 1. The van der Waals surface area contributed by atoms with Crippen LogP contribution in [0.25, 0.3) is 0 Å². The van der Waals surface area contributed by atoms with Crippen molar-refractivity contribution in [2.75, 3.05) is 33.4 Å². The van der Waals surface area contributed by atoms with Crippen LogP contribution in [-0.4, -0.2) is 54.9 Å². The summed E-state index contributed by atoms with van der Waals surface area (Å²) in [7, 11) is 1.62. The van der Waals surface area contributed by atoms with Gasteiger partial charge in [0.1, 0.15) is 5.60 Å². The second-order valence-corrected chi connectivity index (χ2v) is 6.44. The maximum absolute atomic E-state index is 12.2. The number of nitrogens with one attached hydrogen (secondary N) is 1. The number of ether oxygens (including phenoxy) is 2. The first-order chi connectivity index (χ1) is 10.8. The molecule has 1 amide bonds. The van der Waals surface area contributed by atoms with Crippen LogP contribution in [0, 0.1) is 6.92 Å². The van der Waals surface area contributed by atoms with E-state index in [0.29, 0.717) is 26.2 Å². The molecule has 0 aliphatic heterocycles. The molecule has 1 aromatic heterocycles. The van der Waals surface area contributed by atoms with Gasteiger partial charge in [-0.25, -0.2) is 4.79 Å².